The number of nitrogens with one attached hydrogen (secondary N) is 1. The van der Waals surface area contributed by atoms with Crippen LogP contribution >= 0.6 is 0 Å². The van der Waals surface area contributed by atoms with Crippen LogP contribution in [0.4, 0.5) is 11.4 Å². The van der Waals surface area contributed by atoms with Gasteiger partial charge in [-0.25, -0.2) is 0 Å². The van der Waals surface area contributed by atoms with E-state index < -0.39 is 0 Å². The number of carbonyl (C=O) groups is 2. The summed E-state index contributed by atoms with van der Waals surface area (Å²) in [4.78, 5) is 28.6. The molecule has 1 saturated heterocycles. The minimum atomic E-state index is -0.0179. The van der Waals surface area contributed by atoms with Crippen molar-refractivity contribution in [1.29, 1.82) is 0 Å². The molecule has 1 fully saturated rings. The first-order chi connectivity index (χ1) is 12.6. The Morgan fingerprint density at radius 1 is 1.31 bits per heavy atom. The number of benzene rings is 1. The molecule has 26 heavy (non-hydrogen) atoms. The van der Waals surface area contributed by atoms with Gasteiger partial charge in [0.15, 0.2) is 0 Å². The van der Waals surface area contributed by atoms with E-state index in [0.29, 0.717) is 50.5 Å². The summed E-state index contributed by atoms with van der Waals surface area (Å²) in [6.07, 6.45) is 3.23. The molecule has 2 aliphatic rings. The van der Waals surface area contributed by atoms with Crippen LogP contribution in [0.5, 0.6) is 0 Å². The van der Waals surface area contributed by atoms with E-state index in [2.05, 4.69) is 5.32 Å². The zero-order valence-corrected chi connectivity index (χ0v) is 15.4. The van der Waals surface area contributed by atoms with Crippen LogP contribution in [-0.2, 0) is 9.53 Å². The number of nitrogens with zero attached hydrogens (tertiary/aromatic N) is 2. The maximum absolute atomic E-state index is 12.8. The van der Waals surface area contributed by atoms with Gasteiger partial charge in [-0.2, -0.15) is 0 Å². The third-order valence-electron chi connectivity index (χ3n) is 5.03. The Bertz CT molecular complexity index is 656. The molecule has 3 rings (SSSR count). The first kappa shape index (κ1) is 18.7. The van der Waals surface area contributed by atoms with Crippen molar-refractivity contribution >= 4 is 23.2 Å². The summed E-state index contributed by atoms with van der Waals surface area (Å²) in [5, 5.41) is 2.91. The number of carbonyl (C=O) groups excluding carboxylic acids is 2. The number of fused-ring (bicyclic) bond motifs is 1. The van der Waals surface area contributed by atoms with E-state index in [9.17, 15) is 9.59 Å². The molecular weight excluding hydrogens is 332 g/mol. The fraction of sp³-hybridized carbons (Fsp3) is 0.579. The molecule has 0 saturated carbocycles. The van der Waals surface area contributed by atoms with Crippen molar-refractivity contribution in [1.82, 2.24) is 4.90 Å². The number of amides is 2. The first-order valence-corrected chi connectivity index (χ1v) is 9.34. The third kappa shape index (κ3) is 4.34. The second kappa shape index (κ2) is 8.51. The van der Waals surface area contributed by atoms with Gasteiger partial charge in [-0.05, 0) is 44.0 Å². The minimum absolute atomic E-state index is 0.00866. The average molecular weight is 360 g/mol. The number of ether oxygens (including phenoxy) is 1. The molecule has 0 aliphatic carbocycles. The van der Waals surface area contributed by atoms with Gasteiger partial charge in [-0.15, -0.1) is 0 Å². The lowest BCUT2D eigenvalue weighted by Crippen LogP contribution is -2.41. The lowest BCUT2D eigenvalue weighted by Gasteiger charge is -2.32. The highest BCUT2D eigenvalue weighted by Gasteiger charge is 2.25. The van der Waals surface area contributed by atoms with Gasteiger partial charge in [-0.1, -0.05) is 0 Å². The van der Waals surface area contributed by atoms with E-state index in [0.717, 1.165) is 24.9 Å². The minimum Gasteiger partial charge on any atom is -0.378 e. The molecule has 0 atom stereocenters. The maximum Gasteiger partial charge on any atom is 0.253 e. The molecule has 3 N–H and O–H groups in total. The summed E-state index contributed by atoms with van der Waals surface area (Å²) in [6.45, 7) is 3.38. The van der Waals surface area contributed by atoms with Crippen molar-refractivity contribution in [3.8, 4) is 0 Å². The third-order valence-corrected chi connectivity index (χ3v) is 5.03. The van der Waals surface area contributed by atoms with Gasteiger partial charge < -0.3 is 25.6 Å². The predicted octanol–water partition coefficient (Wildman–Crippen LogP) is 1.44. The second-order valence-electron chi connectivity index (χ2n) is 6.96. The van der Waals surface area contributed by atoms with Crippen molar-refractivity contribution in [2.75, 3.05) is 50.1 Å². The van der Waals surface area contributed by atoms with Crippen molar-refractivity contribution < 1.29 is 14.3 Å². The highest BCUT2D eigenvalue weighted by molar-refractivity contribution is 6.00. The zero-order chi connectivity index (χ0) is 18.5. The van der Waals surface area contributed by atoms with Gasteiger partial charge in [0.1, 0.15) is 0 Å². The number of hydrogen-bond acceptors (Lipinski definition) is 5. The van der Waals surface area contributed by atoms with E-state index in [1.807, 2.05) is 29.0 Å². The van der Waals surface area contributed by atoms with Gasteiger partial charge in [0, 0.05) is 45.3 Å². The molecule has 0 radical (unpaired) electrons. The number of rotatable bonds is 5. The monoisotopic (exact) mass is 360 g/mol. The van der Waals surface area contributed by atoms with E-state index in [4.69, 9.17) is 10.5 Å². The number of likely N-dealkylation sites (tertiary alicyclic amines) is 1. The number of hydrogen-bond donors (Lipinski definition) is 2. The molecule has 2 amide bonds. The zero-order valence-electron chi connectivity index (χ0n) is 15.4. The predicted molar refractivity (Wildman–Crippen MR) is 102 cm³/mol. The van der Waals surface area contributed by atoms with Crippen molar-refractivity contribution in [2.45, 2.75) is 31.8 Å². The summed E-state index contributed by atoms with van der Waals surface area (Å²) in [6, 6.07) is 5.55. The standard InChI is InChI=1S/C19H28N4O3/c1-22-9-7-18(24)21-16-13-14(3-4-17(16)22)19(25)23-10-5-15(6-11-23)26-12-2-8-20/h3-4,13,15H,2,5-12,20H2,1H3,(H,21,24). The first-order valence-electron chi connectivity index (χ1n) is 9.34. The Hall–Kier alpha value is -2.12. The molecule has 2 aliphatic heterocycles. The van der Waals surface area contributed by atoms with Crippen LogP contribution < -0.4 is 16.0 Å². The Morgan fingerprint density at radius 3 is 2.81 bits per heavy atom. The van der Waals surface area contributed by atoms with Gasteiger partial charge in [0.2, 0.25) is 5.91 Å². The van der Waals surface area contributed by atoms with Crippen LogP contribution in [0.2, 0.25) is 0 Å². The van der Waals surface area contributed by atoms with Crippen LogP contribution in [0.3, 0.4) is 0 Å². The number of nitrogens with two attached hydrogens (primary N) is 1. The van der Waals surface area contributed by atoms with Gasteiger partial charge in [0.05, 0.1) is 17.5 Å². The molecule has 0 bridgehead atoms. The largest absolute Gasteiger partial charge is 0.378 e. The highest BCUT2D eigenvalue weighted by atomic mass is 16.5. The van der Waals surface area contributed by atoms with Crippen LogP contribution in [0.25, 0.3) is 0 Å². The topological polar surface area (TPSA) is 87.9 Å². The van der Waals surface area contributed by atoms with Gasteiger partial charge in [-0.3, -0.25) is 9.59 Å². The van der Waals surface area contributed by atoms with Gasteiger partial charge >= 0.3 is 0 Å². The molecule has 0 spiro atoms. The summed E-state index contributed by atoms with van der Waals surface area (Å²) in [5.74, 6) is -0.00926. The summed E-state index contributed by atoms with van der Waals surface area (Å²) in [5.41, 5.74) is 7.75. The Balaban J connectivity index is 1.63. The van der Waals surface area contributed by atoms with E-state index in [1.54, 1.807) is 6.07 Å². The fourth-order valence-corrected chi connectivity index (χ4v) is 3.45. The molecule has 7 nitrogen and oxygen atoms in total. The van der Waals surface area contributed by atoms with Crippen LogP contribution in [0.15, 0.2) is 18.2 Å². The van der Waals surface area contributed by atoms with E-state index >= 15 is 0 Å². The quantitative estimate of drug-likeness (QED) is 0.776. The average Bonchev–Trinajstić information content (AvgIpc) is 2.80. The molecule has 1 aromatic rings. The second-order valence-corrected chi connectivity index (χ2v) is 6.96. The van der Waals surface area contributed by atoms with Crippen molar-refractivity contribution in [3.63, 3.8) is 0 Å². The van der Waals surface area contributed by atoms with Gasteiger partial charge in [0.25, 0.3) is 5.91 Å². The number of piperidine rings is 1. The Kier molecular flexibility index (Phi) is 6.11. The molecule has 142 valence electrons. The lowest BCUT2D eigenvalue weighted by molar-refractivity contribution is -0.115. The number of anilines is 2. The van der Waals surface area contributed by atoms with Crippen molar-refractivity contribution in [3.05, 3.63) is 23.8 Å². The Morgan fingerprint density at radius 2 is 2.08 bits per heavy atom. The van der Waals surface area contributed by atoms with E-state index in [-0.39, 0.29) is 17.9 Å². The Labute approximate surface area is 154 Å². The summed E-state index contributed by atoms with van der Waals surface area (Å²) < 4.78 is 5.80. The van der Waals surface area contributed by atoms with Crippen LogP contribution in [0.1, 0.15) is 36.0 Å². The molecule has 0 aromatic heterocycles. The van der Waals surface area contributed by atoms with Crippen LogP contribution in [-0.4, -0.2) is 62.7 Å². The molecule has 1 aromatic carbocycles. The normalized spacial score (nSPS) is 18.3. The fourth-order valence-electron chi connectivity index (χ4n) is 3.45. The SMILES string of the molecule is CN1CCC(=O)Nc2cc(C(=O)N3CCC(OCCCN)CC3)ccc21. The summed E-state index contributed by atoms with van der Waals surface area (Å²) >= 11 is 0. The molecular formula is C19H28N4O3. The maximum atomic E-state index is 12.8. The highest BCUT2D eigenvalue weighted by Crippen LogP contribution is 2.29. The van der Waals surface area contributed by atoms with Crippen molar-refractivity contribution in [2.24, 2.45) is 5.73 Å². The smallest absolute Gasteiger partial charge is 0.253 e. The summed E-state index contributed by atoms with van der Waals surface area (Å²) in [7, 11) is 1.95. The lowest BCUT2D eigenvalue weighted by atomic mass is 10.1. The molecule has 0 unspecified atom stereocenters. The molecule has 7 heteroatoms. The van der Waals surface area contributed by atoms with Crippen LogP contribution in [0, 0.1) is 0 Å². The van der Waals surface area contributed by atoms with E-state index in [1.165, 1.54) is 0 Å². The molecule has 2 heterocycles.